The molecule has 33 heavy (non-hydrogen) atoms. The number of aliphatic hydroxyl groups is 1. The monoisotopic (exact) mass is 444 g/mol. The smallest absolute Gasteiger partial charge is 0.267 e. The van der Waals surface area contributed by atoms with Crippen LogP contribution in [0.25, 0.3) is 17.2 Å². The zero-order valence-electron chi connectivity index (χ0n) is 18.3. The van der Waals surface area contributed by atoms with Crippen molar-refractivity contribution < 1.29 is 14.7 Å². The van der Waals surface area contributed by atoms with Gasteiger partial charge in [0.05, 0.1) is 0 Å². The minimum Gasteiger partial charge on any atom is -0.380 e. The predicted octanol–water partition coefficient (Wildman–Crippen LogP) is 1.18. The molecular weight excluding hydrogens is 420 g/mol. The van der Waals surface area contributed by atoms with Gasteiger partial charge in [-0.1, -0.05) is 24.0 Å². The van der Waals surface area contributed by atoms with E-state index in [1.165, 1.54) is 11.0 Å². The highest BCUT2D eigenvalue weighted by Crippen LogP contribution is 2.19. The van der Waals surface area contributed by atoms with E-state index in [2.05, 4.69) is 39.8 Å². The summed E-state index contributed by atoms with van der Waals surface area (Å²) in [6.07, 6.45) is 9.81. The molecule has 1 aromatic carbocycles. The van der Waals surface area contributed by atoms with Crippen LogP contribution in [0.4, 0.5) is 0 Å². The van der Waals surface area contributed by atoms with Crippen LogP contribution >= 0.6 is 0 Å². The van der Waals surface area contributed by atoms with Crippen LogP contribution in [-0.2, 0) is 4.79 Å². The van der Waals surface area contributed by atoms with Crippen molar-refractivity contribution in [2.24, 2.45) is 5.73 Å². The van der Waals surface area contributed by atoms with Crippen molar-refractivity contribution in [3.63, 3.8) is 0 Å². The number of primary amides is 1. The third-order valence-corrected chi connectivity index (χ3v) is 4.45. The van der Waals surface area contributed by atoms with Crippen LogP contribution < -0.4 is 5.73 Å². The Morgan fingerprint density at radius 1 is 1.30 bits per heavy atom. The Bertz CT molecular complexity index is 1210. The van der Waals surface area contributed by atoms with Gasteiger partial charge in [-0.15, -0.1) is 12.8 Å². The molecule has 0 radical (unpaired) electrons. The number of aryl methyl sites for hydroxylation is 1. The Morgan fingerprint density at radius 3 is 2.70 bits per heavy atom. The Hall–Kier alpha value is -4.47. The number of carbonyl (C=O) groups is 2. The SMILES string of the molecule is C#C.Cc1ccnn1-c1cc(C(N)=O)nc(-c2cccc(C#C[C@H](O)CCN(C)C=O)c2)n1. The number of rotatable bonds is 7. The summed E-state index contributed by atoms with van der Waals surface area (Å²) in [4.78, 5) is 32.7. The van der Waals surface area contributed by atoms with Gasteiger partial charge in [0.2, 0.25) is 6.41 Å². The molecule has 0 fully saturated rings. The molecule has 9 nitrogen and oxygen atoms in total. The van der Waals surface area contributed by atoms with Crippen molar-refractivity contribution in [2.75, 3.05) is 13.6 Å². The average molecular weight is 444 g/mol. The summed E-state index contributed by atoms with van der Waals surface area (Å²) < 4.78 is 1.59. The minimum absolute atomic E-state index is 0.0705. The number of carbonyl (C=O) groups excluding carboxylic acids is 2. The molecule has 0 unspecified atom stereocenters. The topological polar surface area (TPSA) is 127 Å². The third-order valence-electron chi connectivity index (χ3n) is 4.45. The maximum absolute atomic E-state index is 11.8. The molecule has 168 valence electrons. The molecule has 0 saturated carbocycles. The second-order valence-electron chi connectivity index (χ2n) is 6.92. The lowest BCUT2D eigenvalue weighted by Gasteiger charge is -2.10. The number of nitrogens with two attached hydrogens (primary N) is 1. The van der Waals surface area contributed by atoms with E-state index in [4.69, 9.17) is 5.73 Å². The van der Waals surface area contributed by atoms with E-state index in [-0.39, 0.29) is 5.69 Å². The maximum atomic E-state index is 11.8. The van der Waals surface area contributed by atoms with Crippen LogP contribution in [-0.4, -0.2) is 61.8 Å². The van der Waals surface area contributed by atoms with Crippen molar-refractivity contribution in [1.29, 1.82) is 0 Å². The Kier molecular flexibility index (Phi) is 8.86. The van der Waals surface area contributed by atoms with Crippen LogP contribution in [0, 0.1) is 31.6 Å². The summed E-state index contributed by atoms with van der Waals surface area (Å²) in [5.41, 5.74) is 7.65. The van der Waals surface area contributed by atoms with E-state index in [9.17, 15) is 14.7 Å². The summed E-state index contributed by atoms with van der Waals surface area (Å²) >= 11 is 0. The molecule has 2 aromatic heterocycles. The lowest BCUT2D eigenvalue weighted by molar-refractivity contribution is -0.117. The predicted molar refractivity (Wildman–Crippen MR) is 124 cm³/mol. The lowest BCUT2D eigenvalue weighted by atomic mass is 10.1. The molecule has 3 rings (SSSR count). The molecule has 3 N–H and O–H groups in total. The van der Waals surface area contributed by atoms with Crippen molar-refractivity contribution in [3.8, 4) is 41.9 Å². The van der Waals surface area contributed by atoms with Crippen LogP contribution in [0.5, 0.6) is 0 Å². The lowest BCUT2D eigenvalue weighted by Crippen LogP contribution is -2.21. The van der Waals surface area contributed by atoms with Crippen molar-refractivity contribution in [2.45, 2.75) is 19.4 Å². The van der Waals surface area contributed by atoms with Crippen LogP contribution in [0.1, 0.15) is 28.2 Å². The van der Waals surface area contributed by atoms with E-state index >= 15 is 0 Å². The molecule has 9 heteroatoms. The average Bonchev–Trinajstić information content (AvgIpc) is 3.28. The molecule has 0 saturated heterocycles. The van der Waals surface area contributed by atoms with E-state index in [1.807, 2.05) is 13.0 Å². The van der Waals surface area contributed by atoms with E-state index < -0.39 is 12.0 Å². The van der Waals surface area contributed by atoms with Gasteiger partial charge in [-0.25, -0.2) is 14.6 Å². The number of amides is 2. The first-order valence-corrected chi connectivity index (χ1v) is 9.86. The van der Waals surface area contributed by atoms with Crippen LogP contribution in [0.3, 0.4) is 0 Å². The number of nitrogens with zero attached hydrogens (tertiary/aromatic N) is 5. The number of benzene rings is 1. The zero-order chi connectivity index (χ0) is 24.4. The minimum atomic E-state index is -0.866. The summed E-state index contributed by atoms with van der Waals surface area (Å²) in [6, 6.07) is 10.4. The molecule has 0 aliphatic carbocycles. The van der Waals surface area contributed by atoms with Gasteiger partial charge in [0.25, 0.3) is 5.91 Å². The first kappa shape index (κ1) is 24.8. The van der Waals surface area contributed by atoms with Gasteiger partial charge < -0.3 is 15.7 Å². The van der Waals surface area contributed by atoms with Crippen LogP contribution in [0.2, 0.25) is 0 Å². The Balaban J connectivity index is 0.00000187. The number of aliphatic hydroxyl groups excluding tert-OH is 1. The first-order chi connectivity index (χ1) is 15.9. The van der Waals surface area contributed by atoms with Gasteiger partial charge >= 0.3 is 0 Å². The fraction of sp³-hybridized carbons (Fsp3) is 0.208. The second kappa shape index (κ2) is 11.8. The Morgan fingerprint density at radius 2 is 2.06 bits per heavy atom. The quantitative estimate of drug-likeness (QED) is 0.416. The molecule has 1 atom stereocenters. The van der Waals surface area contributed by atoms with Gasteiger partial charge in [-0.3, -0.25) is 9.59 Å². The molecule has 2 amide bonds. The van der Waals surface area contributed by atoms with Gasteiger partial charge in [0.15, 0.2) is 11.6 Å². The normalized spacial score (nSPS) is 10.7. The summed E-state index contributed by atoms with van der Waals surface area (Å²) in [6.45, 7) is 2.27. The molecule has 3 aromatic rings. The zero-order valence-corrected chi connectivity index (χ0v) is 18.3. The fourth-order valence-electron chi connectivity index (χ4n) is 2.76. The highest BCUT2D eigenvalue weighted by Gasteiger charge is 2.13. The van der Waals surface area contributed by atoms with Gasteiger partial charge in [0, 0.05) is 49.1 Å². The Labute approximate surface area is 192 Å². The van der Waals surface area contributed by atoms with Crippen molar-refractivity contribution in [1.82, 2.24) is 24.6 Å². The number of terminal acetylenes is 1. The standard InChI is InChI=1S/C22H22N6O3.C2H2/c1-15-8-10-24-28(15)20-13-19(21(23)31)25-22(26-20)17-5-3-4-16(12-17)6-7-18(30)9-11-27(2)14-29;1-2/h3-5,8,10,12-14,18,30H,9,11H2,1-2H3,(H2,23,31);1-2H/t18-;/m0./s1. The van der Waals surface area contributed by atoms with Crippen molar-refractivity contribution >= 4 is 12.3 Å². The first-order valence-electron chi connectivity index (χ1n) is 9.86. The van der Waals surface area contributed by atoms with E-state index in [1.54, 1.807) is 42.2 Å². The molecule has 0 bridgehead atoms. The van der Waals surface area contributed by atoms with Gasteiger partial charge in [0.1, 0.15) is 11.8 Å². The fourth-order valence-corrected chi connectivity index (χ4v) is 2.76. The summed E-state index contributed by atoms with van der Waals surface area (Å²) in [5, 5.41) is 14.2. The highest BCUT2D eigenvalue weighted by molar-refractivity contribution is 5.91. The van der Waals surface area contributed by atoms with E-state index in [0.29, 0.717) is 42.1 Å². The highest BCUT2D eigenvalue weighted by atomic mass is 16.3. The number of hydrogen-bond donors (Lipinski definition) is 2. The van der Waals surface area contributed by atoms with Gasteiger partial charge in [-0.05, 0) is 25.1 Å². The van der Waals surface area contributed by atoms with Gasteiger partial charge in [-0.2, -0.15) is 5.10 Å². The van der Waals surface area contributed by atoms with Crippen LogP contribution in [0.15, 0.2) is 42.6 Å². The molecule has 0 aliphatic rings. The van der Waals surface area contributed by atoms with Crippen molar-refractivity contribution in [3.05, 3.63) is 59.5 Å². The summed E-state index contributed by atoms with van der Waals surface area (Å²) in [7, 11) is 1.63. The number of hydrogen-bond acceptors (Lipinski definition) is 6. The van der Waals surface area contributed by atoms with E-state index in [0.717, 1.165) is 5.69 Å². The summed E-state index contributed by atoms with van der Waals surface area (Å²) in [5.74, 6) is 5.73. The molecular formula is C24H24N6O3. The molecule has 2 heterocycles. The second-order valence-corrected chi connectivity index (χ2v) is 6.92. The third kappa shape index (κ3) is 6.76. The largest absolute Gasteiger partial charge is 0.380 e. The molecule has 0 spiro atoms. The number of aromatic nitrogens is 4. The molecule has 0 aliphatic heterocycles. The maximum Gasteiger partial charge on any atom is 0.267 e.